The molecule has 0 unspecified atom stereocenters. The van der Waals surface area contributed by atoms with E-state index in [1.165, 1.54) is 0 Å². The fourth-order valence-corrected chi connectivity index (χ4v) is 2.08. The van der Waals surface area contributed by atoms with E-state index in [4.69, 9.17) is 4.74 Å². The zero-order valence-corrected chi connectivity index (χ0v) is 10.2. The van der Waals surface area contributed by atoms with Crippen LogP contribution in [0.5, 0.6) is 0 Å². The fraction of sp³-hybridized carbons (Fsp3) is 0.385. The lowest BCUT2D eigenvalue weighted by atomic mass is 10.3. The normalized spacial score (nSPS) is 17.8. The molecule has 1 aromatic carbocycles. The summed E-state index contributed by atoms with van der Waals surface area (Å²) in [6.07, 6.45) is 4.09. The monoisotopic (exact) mass is 244 g/mol. The van der Waals surface area contributed by atoms with Crippen LogP contribution in [0.1, 0.15) is 0 Å². The lowest BCUT2D eigenvalue weighted by Gasteiger charge is -2.24. The number of hydrogen-bond donors (Lipinski definition) is 0. The summed E-state index contributed by atoms with van der Waals surface area (Å²) >= 11 is 0. The number of nitrogens with zero attached hydrogens (tertiary/aromatic N) is 4. The average Bonchev–Trinajstić information content (AvgIpc) is 2.84. The molecule has 1 fully saturated rings. The Morgan fingerprint density at radius 3 is 2.94 bits per heavy atom. The second-order valence-electron chi connectivity index (χ2n) is 4.32. The summed E-state index contributed by atoms with van der Waals surface area (Å²) in [6, 6.07) is 7.96. The number of morpholine rings is 1. The van der Waals surface area contributed by atoms with Gasteiger partial charge in [-0.15, -0.1) is 5.10 Å². The van der Waals surface area contributed by atoms with Gasteiger partial charge in [0.2, 0.25) is 0 Å². The maximum atomic E-state index is 5.32. The average molecular weight is 244 g/mol. The van der Waals surface area contributed by atoms with Crippen LogP contribution in [-0.2, 0) is 4.74 Å². The third-order valence-electron chi connectivity index (χ3n) is 3.09. The van der Waals surface area contributed by atoms with Crippen LogP contribution in [0.15, 0.2) is 30.3 Å². The van der Waals surface area contributed by atoms with Gasteiger partial charge in [-0.25, -0.2) is 4.68 Å². The van der Waals surface area contributed by atoms with E-state index < -0.39 is 0 Å². The Morgan fingerprint density at radius 1 is 1.22 bits per heavy atom. The van der Waals surface area contributed by atoms with Crippen molar-refractivity contribution in [1.29, 1.82) is 0 Å². The first-order chi connectivity index (χ1) is 8.93. The van der Waals surface area contributed by atoms with Crippen molar-refractivity contribution < 1.29 is 4.74 Å². The van der Waals surface area contributed by atoms with E-state index in [-0.39, 0.29) is 0 Å². The van der Waals surface area contributed by atoms with E-state index in [0.29, 0.717) is 0 Å². The standard InChI is InChI=1S/C13H16N4O/c1-2-5-13-12(4-1)14-15-17(13)7-3-6-16-8-10-18-11-9-16/h1-5,7H,6,8-11H2/b7-3+. The maximum absolute atomic E-state index is 5.32. The van der Waals surface area contributed by atoms with Crippen LogP contribution in [0.4, 0.5) is 0 Å². The van der Waals surface area contributed by atoms with Gasteiger partial charge >= 0.3 is 0 Å². The van der Waals surface area contributed by atoms with Gasteiger partial charge in [0.15, 0.2) is 0 Å². The van der Waals surface area contributed by atoms with Crippen LogP contribution in [0.3, 0.4) is 0 Å². The lowest BCUT2D eigenvalue weighted by molar-refractivity contribution is 0.0435. The molecule has 94 valence electrons. The minimum atomic E-state index is 0.833. The molecule has 0 radical (unpaired) electrons. The number of benzene rings is 1. The van der Waals surface area contributed by atoms with E-state index in [2.05, 4.69) is 21.3 Å². The van der Waals surface area contributed by atoms with Crippen LogP contribution in [0, 0.1) is 0 Å². The second kappa shape index (κ2) is 5.29. The van der Waals surface area contributed by atoms with Crippen LogP contribution < -0.4 is 0 Å². The van der Waals surface area contributed by atoms with Crippen molar-refractivity contribution in [3.05, 3.63) is 30.3 Å². The summed E-state index contributed by atoms with van der Waals surface area (Å²) in [6.45, 7) is 4.60. The maximum Gasteiger partial charge on any atom is 0.113 e. The van der Waals surface area contributed by atoms with Gasteiger partial charge < -0.3 is 4.74 Å². The van der Waals surface area contributed by atoms with Crippen molar-refractivity contribution in [3.8, 4) is 0 Å². The van der Waals surface area contributed by atoms with Gasteiger partial charge in [0.1, 0.15) is 5.52 Å². The topological polar surface area (TPSA) is 43.2 Å². The van der Waals surface area contributed by atoms with Crippen LogP contribution in [0.2, 0.25) is 0 Å². The molecule has 1 saturated heterocycles. The van der Waals surface area contributed by atoms with E-state index in [0.717, 1.165) is 43.9 Å². The second-order valence-corrected chi connectivity index (χ2v) is 4.32. The smallest absolute Gasteiger partial charge is 0.113 e. The molecule has 0 spiro atoms. The quantitative estimate of drug-likeness (QED) is 0.814. The summed E-state index contributed by atoms with van der Waals surface area (Å²) in [5.74, 6) is 0. The summed E-state index contributed by atoms with van der Waals surface area (Å²) in [4.78, 5) is 2.36. The molecular formula is C13H16N4O. The van der Waals surface area contributed by atoms with Crippen LogP contribution >= 0.6 is 0 Å². The molecule has 1 aliphatic rings. The van der Waals surface area contributed by atoms with Crippen molar-refractivity contribution in [3.63, 3.8) is 0 Å². The molecule has 0 atom stereocenters. The lowest BCUT2D eigenvalue weighted by Crippen LogP contribution is -2.36. The fourth-order valence-electron chi connectivity index (χ4n) is 2.08. The van der Waals surface area contributed by atoms with E-state index >= 15 is 0 Å². The summed E-state index contributed by atoms with van der Waals surface area (Å²) in [5, 5.41) is 8.23. The minimum Gasteiger partial charge on any atom is -0.379 e. The molecule has 5 nitrogen and oxygen atoms in total. The van der Waals surface area contributed by atoms with Gasteiger partial charge in [0, 0.05) is 25.8 Å². The van der Waals surface area contributed by atoms with Crippen LogP contribution in [0.25, 0.3) is 17.2 Å². The zero-order chi connectivity index (χ0) is 12.2. The molecule has 2 heterocycles. The Bertz CT molecular complexity index is 543. The van der Waals surface area contributed by atoms with Gasteiger partial charge in [0.25, 0.3) is 0 Å². The summed E-state index contributed by atoms with van der Waals surface area (Å²) < 4.78 is 7.13. The molecule has 0 amide bonds. The predicted molar refractivity (Wildman–Crippen MR) is 70.1 cm³/mol. The highest BCUT2D eigenvalue weighted by atomic mass is 16.5. The Kier molecular flexibility index (Phi) is 3.34. The number of ether oxygens (including phenoxy) is 1. The van der Waals surface area contributed by atoms with Gasteiger partial charge in [0.05, 0.1) is 18.7 Å². The highest BCUT2D eigenvalue weighted by molar-refractivity contribution is 5.75. The third kappa shape index (κ3) is 2.42. The molecule has 0 saturated carbocycles. The highest BCUT2D eigenvalue weighted by Gasteiger charge is 2.07. The van der Waals surface area contributed by atoms with Gasteiger partial charge in [-0.1, -0.05) is 23.4 Å². The largest absolute Gasteiger partial charge is 0.379 e. The Balaban J connectivity index is 1.68. The molecule has 2 aromatic rings. The Morgan fingerprint density at radius 2 is 2.06 bits per heavy atom. The molecular weight excluding hydrogens is 228 g/mol. The van der Waals surface area contributed by atoms with Crippen LogP contribution in [-0.4, -0.2) is 52.7 Å². The molecule has 0 bridgehead atoms. The van der Waals surface area contributed by atoms with E-state index in [1.807, 2.05) is 35.1 Å². The molecule has 5 heteroatoms. The molecule has 3 rings (SSSR count). The zero-order valence-electron chi connectivity index (χ0n) is 10.2. The Labute approximate surface area is 106 Å². The van der Waals surface area contributed by atoms with E-state index in [1.54, 1.807) is 0 Å². The number of para-hydroxylation sites is 1. The Hall–Kier alpha value is -1.72. The summed E-state index contributed by atoms with van der Waals surface area (Å²) in [5.41, 5.74) is 1.96. The summed E-state index contributed by atoms with van der Waals surface area (Å²) in [7, 11) is 0. The molecule has 18 heavy (non-hydrogen) atoms. The first-order valence-electron chi connectivity index (χ1n) is 6.20. The first kappa shape index (κ1) is 11.4. The predicted octanol–water partition coefficient (Wildman–Crippen LogP) is 1.23. The van der Waals surface area contributed by atoms with E-state index in [9.17, 15) is 0 Å². The third-order valence-corrected chi connectivity index (χ3v) is 3.09. The molecule has 0 aliphatic carbocycles. The number of hydrogen-bond acceptors (Lipinski definition) is 4. The SMILES string of the molecule is C(=C\n1nnc2ccccc21)/CN1CCOCC1. The van der Waals surface area contributed by atoms with Gasteiger partial charge in [-0.2, -0.15) is 0 Å². The van der Waals surface area contributed by atoms with Crippen molar-refractivity contribution in [2.75, 3.05) is 32.8 Å². The number of aromatic nitrogens is 3. The van der Waals surface area contributed by atoms with Crippen molar-refractivity contribution in [1.82, 2.24) is 19.9 Å². The highest BCUT2D eigenvalue weighted by Crippen LogP contribution is 2.09. The van der Waals surface area contributed by atoms with Crippen molar-refractivity contribution >= 4 is 17.2 Å². The van der Waals surface area contributed by atoms with Crippen molar-refractivity contribution in [2.45, 2.75) is 0 Å². The number of rotatable bonds is 3. The molecule has 1 aromatic heterocycles. The van der Waals surface area contributed by atoms with Gasteiger partial charge in [-0.3, -0.25) is 4.90 Å². The molecule has 1 aliphatic heterocycles. The minimum absolute atomic E-state index is 0.833. The van der Waals surface area contributed by atoms with Crippen molar-refractivity contribution in [2.24, 2.45) is 0 Å². The van der Waals surface area contributed by atoms with Gasteiger partial charge in [-0.05, 0) is 12.1 Å². The molecule has 0 N–H and O–H groups in total. The first-order valence-corrected chi connectivity index (χ1v) is 6.20. The number of fused-ring (bicyclic) bond motifs is 1.